The molecule has 1 saturated heterocycles. The van der Waals surface area contributed by atoms with Crippen molar-refractivity contribution in [3.8, 4) is 0 Å². The maximum Gasteiger partial charge on any atom is 0.309 e. The largest absolute Gasteiger partial charge is 0.481 e. The molecule has 3 unspecified atom stereocenters. The number of hydrogen-bond donors (Lipinski definition) is 1. The van der Waals surface area contributed by atoms with Gasteiger partial charge in [-0.3, -0.25) is 4.79 Å². The summed E-state index contributed by atoms with van der Waals surface area (Å²) in [6.07, 6.45) is 4.39. The van der Waals surface area contributed by atoms with Crippen molar-refractivity contribution < 1.29 is 14.6 Å². The Labute approximate surface area is 90.8 Å². The quantitative estimate of drug-likeness (QED) is 0.780. The van der Waals surface area contributed by atoms with Gasteiger partial charge in [0.15, 0.2) is 0 Å². The lowest BCUT2D eigenvalue weighted by Gasteiger charge is -2.33. The van der Waals surface area contributed by atoms with E-state index in [1.165, 1.54) is 6.42 Å². The fraction of sp³-hybridized carbons (Fsp3) is 0.917. The molecule has 15 heavy (non-hydrogen) atoms. The molecule has 0 radical (unpaired) electrons. The van der Waals surface area contributed by atoms with Gasteiger partial charge in [0.05, 0.1) is 18.1 Å². The van der Waals surface area contributed by atoms with Crippen molar-refractivity contribution in [3.63, 3.8) is 0 Å². The predicted molar refractivity (Wildman–Crippen MR) is 56.6 cm³/mol. The molecule has 86 valence electrons. The van der Waals surface area contributed by atoms with Crippen LogP contribution in [0, 0.1) is 17.8 Å². The number of ether oxygens (including phenoxy) is 1. The van der Waals surface area contributed by atoms with E-state index in [0.717, 1.165) is 12.8 Å². The van der Waals surface area contributed by atoms with Crippen LogP contribution in [0.4, 0.5) is 0 Å². The van der Waals surface area contributed by atoms with E-state index in [1.807, 2.05) is 0 Å². The molecule has 2 rings (SSSR count). The summed E-state index contributed by atoms with van der Waals surface area (Å²) < 4.78 is 5.92. The summed E-state index contributed by atoms with van der Waals surface area (Å²) in [5.41, 5.74) is 0. The van der Waals surface area contributed by atoms with Gasteiger partial charge in [-0.05, 0) is 31.1 Å². The lowest BCUT2D eigenvalue weighted by Crippen LogP contribution is -2.35. The summed E-state index contributed by atoms with van der Waals surface area (Å²) in [7, 11) is 0. The van der Waals surface area contributed by atoms with Crippen molar-refractivity contribution in [3.05, 3.63) is 0 Å². The third-order valence-corrected chi connectivity index (χ3v) is 3.89. The molecular formula is C12H20O3. The Morgan fingerprint density at radius 2 is 2.07 bits per heavy atom. The molecule has 3 nitrogen and oxygen atoms in total. The first-order chi connectivity index (χ1) is 7.09. The second-order valence-electron chi connectivity index (χ2n) is 5.25. The highest BCUT2D eigenvalue weighted by Crippen LogP contribution is 2.42. The monoisotopic (exact) mass is 212 g/mol. The third kappa shape index (κ3) is 2.03. The van der Waals surface area contributed by atoms with Gasteiger partial charge >= 0.3 is 5.97 Å². The SMILES string of the molecule is CC(C)C1CC(C(=O)O)C(C2CCC2)O1. The van der Waals surface area contributed by atoms with Crippen LogP contribution in [0.2, 0.25) is 0 Å². The molecule has 2 fully saturated rings. The Kier molecular flexibility index (Phi) is 3.01. The molecule has 1 heterocycles. The number of hydrogen-bond acceptors (Lipinski definition) is 2. The van der Waals surface area contributed by atoms with Gasteiger partial charge < -0.3 is 9.84 Å². The van der Waals surface area contributed by atoms with E-state index in [1.54, 1.807) is 0 Å². The minimum absolute atomic E-state index is 0.0105. The van der Waals surface area contributed by atoms with Gasteiger partial charge in [-0.15, -0.1) is 0 Å². The summed E-state index contributed by atoms with van der Waals surface area (Å²) in [6.45, 7) is 4.21. The minimum Gasteiger partial charge on any atom is -0.481 e. The van der Waals surface area contributed by atoms with Crippen LogP contribution >= 0.6 is 0 Å². The zero-order valence-corrected chi connectivity index (χ0v) is 9.48. The molecule has 1 aliphatic carbocycles. The highest BCUT2D eigenvalue weighted by atomic mass is 16.5. The van der Waals surface area contributed by atoms with Gasteiger partial charge in [0, 0.05) is 0 Å². The molecule has 0 aromatic rings. The van der Waals surface area contributed by atoms with Crippen LogP contribution in [0.25, 0.3) is 0 Å². The zero-order valence-electron chi connectivity index (χ0n) is 9.48. The summed E-state index contributed by atoms with van der Waals surface area (Å²) in [5.74, 6) is 0.00419. The Bertz CT molecular complexity index is 245. The van der Waals surface area contributed by atoms with Gasteiger partial charge in [0.2, 0.25) is 0 Å². The van der Waals surface area contributed by atoms with E-state index < -0.39 is 5.97 Å². The number of carboxylic acid groups (broad SMARTS) is 1. The molecule has 0 aromatic carbocycles. The fourth-order valence-electron chi connectivity index (χ4n) is 2.62. The van der Waals surface area contributed by atoms with E-state index >= 15 is 0 Å². The van der Waals surface area contributed by atoms with E-state index in [4.69, 9.17) is 4.74 Å². The Morgan fingerprint density at radius 1 is 1.40 bits per heavy atom. The molecule has 1 N–H and O–H groups in total. The number of carboxylic acids is 1. The predicted octanol–water partition coefficient (Wildman–Crippen LogP) is 2.30. The Morgan fingerprint density at radius 3 is 2.47 bits per heavy atom. The second-order valence-corrected chi connectivity index (χ2v) is 5.25. The molecule has 2 aliphatic rings. The van der Waals surface area contributed by atoms with Crippen molar-refractivity contribution in [2.45, 2.75) is 51.7 Å². The third-order valence-electron chi connectivity index (χ3n) is 3.89. The van der Waals surface area contributed by atoms with Crippen LogP contribution in [0.3, 0.4) is 0 Å². The standard InChI is InChI=1S/C12H20O3/c1-7(2)10-6-9(12(13)14)11(15-10)8-4-3-5-8/h7-11H,3-6H2,1-2H3,(H,13,14). The average molecular weight is 212 g/mol. The van der Waals surface area contributed by atoms with Crippen LogP contribution in [0.15, 0.2) is 0 Å². The number of rotatable bonds is 3. The topological polar surface area (TPSA) is 46.5 Å². The lowest BCUT2D eigenvalue weighted by molar-refractivity contribution is -0.145. The molecular weight excluding hydrogens is 192 g/mol. The first kappa shape index (κ1) is 10.9. The number of carbonyl (C=O) groups is 1. The van der Waals surface area contributed by atoms with Gasteiger partial charge in [-0.1, -0.05) is 20.3 Å². The van der Waals surface area contributed by atoms with Crippen LogP contribution in [0.1, 0.15) is 39.5 Å². The minimum atomic E-state index is -0.671. The highest BCUT2D eigenvalue weighted by Gasteiger charge is 2.45. The Balaban J connectivity index is 2.03. The second kappa shape index (κ2) is 4.12. The van der Waals surface area contributed by atoms with Gasteiger partial charge in [-0.25, -0.2) is 0 Å². The zero-order chi connectivity index (χ0) is 11.0. The van der Waals surface area contributed by atoms with Crippen molar-refractivity contribution in [2.75, 3.05) is 0 Å². The van der Waals surface area contributed by atoms with Crippen molar-refractivity contribution in [1.29, 1.82) is 0 Å². The van der Waals surface area contributed by atoms with Crippen molar-refractivity contribution >= 4 is 5.97 Å². The van der Waals surface area contributed by atoms with E-state index in [2.05, 4.69) is 13.8 Å². The van der Waals surface area contributed by atoms with E-state index in [-0.39, 0.29) is 18.1 Å². The van der Waals surface area contributed by atoms with Crippen LogP contribution < -0.4 is 0 Å². The highest BCUT2D eigenvalue weighted by molar-refractivity contribution is 5.71. The van der Waals surface area contributed by atoms with E-state index in [9.17, 15) is 9.90 Å². The van der Waals surface area contributed by atoms with Crippen LogP contribution in [-0.4, -0.2) is 23.3 Å². The summed E-state index contributed by atoms with van der Waals surface area (Å²) in [4.78, 5) is 11.1. The molecule has 1 saturated carbocycles. The molecule has 0 amide bonds. The Hall–Kier alpha value is -0.570. The maximum atomic E-state index is 11.1. The first-order valence-corrected chi connectivity index (χ1v) is 5.98. The molecule has 3 atom stereocenters. The molecule has 3 heteroatoms. The summed E-state index contributed by atoms with van der Waals surface area (Å²) >= 11 is 0. The summed E-state index contributed by atoms with van der Waals surface area (Å²) in [5, 5.41) is 9.17. The summed E-state index contributed by atoms with van der Waals surface area (Å²) in [6, 6.07) is 0. The molecule has 0 aromatic heterocycles. The van der Waals surface area contributed by atoms with Gasteiger partial charge in [-0.2, -0.15) is 0 Å². The van der Waals surface area contributed by atoms with Crippen LogP contribution in [-0.2, 0) is 9.53 Å². The molecule has 1 aliphatic heterocycles. The normalized spacial score (nSPS) is 36.9. The molecule has 0 spiro atoms. The maximum absolute atomic E-state index is 11.1. The first-order valence-electron chi connectivity index (χ1n) is 5.98. The molecule has 0 bridgehead atoms. The van der Waals surface area contributed by atoms with Crippen molar-refractivity contribution in [1.82, 2.24) is 0 Å². The lowest BCUT2D eigenvalue weighted by atomic mass is 9.76. The number of aliphatic carboxylic acids is 1. The van der Waals surface area contributed by atoms with Crippen LogP contribution in [0.5, 0.6) is 0 Å². The van der Waals surface area contributed by atoms with Gasteiger partial charge in [0.1, 0.15) is 0 Å². The average Bonchev–Trinajstić information content (AvgIpc) is 2.45. The van der Waals surface area contributed by atoms with Crippen molar-refractivity contribution in [2.24, 2.45) is 17.8 Å². The van der Waals surface area contributed by atoms with E-state index in [0.29, 0.717) is 18.3 Å². The smallest absolute Gasteiger partial charge is 0.309 e. The van der Waals surface area contributed by atoms with Gasteiger partial charge in [0.25, 0.3) is 0 Å². The fourth-order valence-corrected chi connectivity index (χ4v) is 2.62.